The number of benzene rings is 1. The average molecular weight is 417 g/mol. The molecular formula is C26H32N4O. The van der Waals surface area contributed by atoms with Gasteiger partial charge in [-0.15, -0.1) is 0 Å². The van der Waals surface area contributed by atoms with Gasteiger partial charge < -0.3 is 5.32 Å². The third-order valence-electron chi connectivity index (χ3n) is 7.80. The molecule has 0 saturated heterocycles. The van der Waals surface area contributed by atoms with Gasteiger partial charge in [0.1, 0.15) is 5.65 Å². The summed E-state index contributed by atoms with van der Waals surface area (Å²) in [4.78, 5) is 13.5. The molecule has 3 aliphatic rings. The van der Waals surface area contributed by atoms with Crippen LogP contribution < -0.4 is 10.9 Å². The predicted molar refractivity (Wildman–Crippen MR) is 124 cm³/mol. The van der Waals surface area contributed by atoms with Crippen LogP contribution in [0.3, 0.4) is 0 Å². The number of pyridine rings is 1. The monoisotopic (exact) mass is 416 g/mol. The second kappa shape index (κ2) is 7.94. The van der Waals surface area contributed by atoms with Crippen LogP contribution in [0.4, 0.5) is 0 Å². The molecule has 0 unspecified atom stereocenters. The zero-order valence-corrected chi connectivity index (χ0v) is 18.3. The van der Waals surface area contributed by atoms with E-state index in [-0.39, 0.29) is 5.56 Å². The van der Waals surface area contributed by atoms with E-state index in [1.165, 1.54) is 54.2 Å². The minimum absolute atomic E-state index is 0.256. The van der Waals surface area contributed by atoms with E-state index in [4.69, 9.17) is 5.10 Å². The van der Waals surface area contributed by atoms with Crippen LogP contribution in [0.1, 0.15) is 79.7 Å². The highest BCUT2D eigenvalue weighted by atomic mass is 16.1. The van der Waals surface area contributed by atoms with Crippen LogP contribution in [0.2, 0.25) is 0 Å². The summed E-state index contributed by atoms with van der Waals surface area (Å²) < 4.78 is 4.18. The second-order valence-corrected chi connectivity index (χ2v) is 9.79. The molecule has 0 aliphatic heterocycles. The second-order valence-electron chi connectivity index (χ2n) is 9.79. The molecule has 0 amide bonds. The first-order valence-electron chi connectivity index (χ1n) is 12.2. The molecule has 0 radical (unpaired) electrons. The van der Waals surface area contributed by atoms with Gasteiger partial charge in [0.15, 0.2) is 0 Å². The molecule has 1 aromatic carbocycles. The standard InChI is InChI=1S/C26H32N4O/c31-26-23-10-2-1-9-22(23)24-16-28-29(25(24)30(26)21-7-4-8-21)17-19-13-11-18(12-14-19)15-27-20-5-3-6-20/h11-14,16,20-21,27H,1-10,15,17H2. The first-order chi connectivity index (χ1) is 15.3. The summed E-state index contributed by atoms with van der Waals surface area (Å²) >= 11 is 0. The van der Waals surface area contributed by atoms with Crippen molar-refractivity contribution in [3.05, 3.63) is 63.1 Å². The highest BCUT2D eigenvalue weighted by Gasteiger charge is 2.28. The van der Waals surface area contributed by atoms with Crippen molar-refractivity contribution < 1.29 is 0 Å². The maximum Gasteiger partial charge on any atom is 0.255 e. The quantitative estimate of drug-likeness (QED) is 0.644. The number of nitrogens with one attached hydrogen (secondary N) is 1. The summed E-state index contributed by atoms with van der Waals surface area (Å²) in [6, 6.07) is 9.95. The zero-order valence-electron chi connectivity index (χ0n) is 18.3. The lowest BCUT2D eigenvalue weighted by atomic mass is 9.88. The van der Waals surface area contributed by atoms with E-state index < -0.39 is 0 Å². The van der Waals surface area contributed by atoms with E-state index in [1.807, 2.05) is 6.20 Å². The Morgan fingerprint density at radius 1 is 0.903 bits per heavy atom. The van der Waals surface area contributed by atoms with Crippen molar-refractivity contribution in [2.45, 2.75) is 89.4 Å². The lowest BCUT2D eigenvalue weighted by molar-refractivity contribution is 0.309. The first-order valence-corrected chi connectivity index (χ1v) is 12.2. The predicted octanol–water partition coefficient (Wildman–Crippen LogP) is 4.49. The van der Waals surface area contributed by atoms with Gasteiger partial charge in [-0.05, 0) is 74.5 Å². The number of nitrogens with zero attached hydrogens (tertiary/aromatic N) is 3. The van der Waals surface area contributed by atoms with Crippen molar-refractivity contribution in [1.29, 1.82) is 0 Å². The van der Waals surface area contributed by atoms with Crippen LogP contribution in [0.5, 0.6) is 0 Å². The molecule has 6 rings (SSSR count). The van der Waals surface area contributed by atoms with E-state index in [9.17, 15) is 4.79 Å². The minimum atomic E-state index is 0.256. The molecule has 2 heterocycles. The molecule has 5 nitrogen and oxygen atoms in total. The van der Waals surface area contributed by atoms with E-state index in [2.05, 4.69) is 38.8 Å². The molecule has 31 heavy (non-hydrogen) atoms. The molecule has 162 valence electrons. The number of rotatable bonds is 6. The average Bonchev–Trinajstić information content (AvgIpc) is 3.13. The number of fused-ring (bicyclic) bond motifs is 3. The first kappa shape index (κ1) is 19.3. The summed E-state index contributed by atoms with van der Waals surface area (Å²) in [5.74, 6) is 0. The summed E-state index contributed by atoms with van der Waals surface area (Å²) in [5, 5.41) is 9.63. The van der Waals surface area contributed by atoms with E-state index in [0.717, 1.165) is 49.9 Å². The maximum absolute atomic E-state index is 13.5. The van der Waals surface area contributed by atoms with Crippen LogP contribution >= 0.6 is 0 Å². The number of aromatic nitrogens is 3. The Kier molecular flexibility index (Phi) is 4.94. The fourth-order valence-corrected chi connectivity index (χ4v) is 5.44. The highest BCUT2D eigenvalue weighted by molar-refractivity contribution is 5.81. The number of hydrogen-bond acceptors (Lipinski definition) is 3. The molecule has 5 heteroatoms. The maximum atomic E-state index is 13.5. The molecule has 0 spiro atoms. The Hall–Kier alpha value is -2.40. The topological polar surface area (TPSA) is 51.9 Å². The third-order valence-corrected chi connectivity index (χ3v) is 7.80. The van der Waals surface area contributed by atoms with Gasteiger partial charge >= 0.3 is 0 Å². The van der Waals surface area contributed by atoms with Gasteiger partial charge in [-0.1, -0.05) is 30.7 Å². The van der Waals surface area contributed by atoms with E-state index in [1.54, 1.807) is 0 Å². The molecule has 2 saturated carbocycles. The van der Waals surface area contributed by atoms with Gasteiger partial charge in [0.2, 0.25) is 0 Å². The molecule has 0 bridgehead atoms. The van der Waals surface area contributed by atoms with Gasteiger partial charge in [-0.3, -0.25) is 9.36 Å². The van der Waals surface area contributed by atoms with Crippen molar-refractivity contribution in [3.8, 4) is 0 Å². The van der Waals surface area contributed by atoms with Gasteiger partial charge in [0.25, 0.3) is 5.56 Å². The number of aryl methyl sites for hydroxylation is 1. The molecule has 2 aromatic heterocycles. The smallest absolute Gasteiger partial charge is 0.255 e. The van der Waals surface area contributed by atoms with E-state index in [0.29, 0.717) is 18.6 Å². The third kappa shape index (κ3) is 3.43. The van der Waals surface area contributed by atoms with Crippen LogP contribution in [0, 0.1) is 0 Å². The lowest BCUT2D eigenvalue weighted by Gasteiger charge is -2.30. The Balaban J connectivity index is 1.33. The molecule has 0 atom stereocenters. The van der Waals surface area contributed by atoms with Gasteiger partial charge in [-0.25, -0.2) is 4.68 Å². The molecule has 3 aliphatic carbocycles. The Morgan fingerprint density at radius 2 is 1.61 bits per heavy atom. The van der Waals surface area contributed by atoms with Crippen molar-refractivity contribution >= 4 is 11.0 Å². The highest BCUT2D eigenvalue weighted by Crippen LogP contribution is 2.35. The largest absolute Gasteiger partial charge is 0.310 e. The Labute approximate surface area is 183 Å². The fourth-order valence-electron chi connectivity index (χ4n) is 5.44. The van der Waals surface area contributed by atoms with Gasteiger partial charge in [-0.2, -0.15) is 5.10 Å². The molecule has 2 fully saturated rings. The van der Waals surface area contributed by atoms with Crippen LogP contribution in [0.25, 0.3) is 11.0 Å². The fraction of sp³-hybridized carbons (Fsp3) is 0.538. The van der Waals surface area contributed by atoms with Crippen LogP contribution in [0.15, 0.2) is 35.3 Å². The summed E-state index contributed by atoms with van der Waals surface area (Å²) in [7, 11) is 0. The van der Waals surface area contributed by atoms with Crippen molar-refractivity contribution in [2.75, 3.05) is 0 Å². The zero-order chi connectivity index (χ0) is 20.8. The van der Waals surface area contributed by atoms with Crippen LogP contribution in [-0.4, -0.2) is 20.4 Å². The normalized spacial score (nSPS) is 19.2. The lowest BCUT2D eigenvalue weighted by Crippen LogP contribution is -2.34. The van der Waals surface area contributed by atoms with Crippen molar-refractivity contribution in [1.82, 2.24) is 19.7 Å². The minimum Gasteiger partial charge on any atom is -0.310 e. The summed E-state index contributed by atoms with van der Waals surface area (Å²) in [6.07, 6.45) is 13.7. The molecule has 1 N–H and O–H groups in total. The summed E-state index contributed by atoms with van der Waals surface area (Å²) in [6.45, 7) is 1.66. The van der Waals surface area contributed by atoms with Crippen LogP contribution in [-0.2, 0) is 25.9 Å². The molecule has 3 aromatic rings. The van der Waals surface area contributed by atoms with Crippen molar-refractivity contribution in [2.24, 2.45) is 0 Å². The summed E-state index contributed by atoms with van der Waals surface area (Å²) in [5.41, 5.74) is 6.21. The Morgan fingerprint density at radius 3 is 2.29 bits per heavy atom. The molecular weight excluding hydrogens is 384 g/mol. The van der Waals surface area contributed by atoms with E-state index >= 15 is 0 Å². The van der Waals surface area contributed by atoms with Gasteiger partial charge in [0, 0.05) is 29.6 Å². The Bertz CT molecular complexity index is 1150. The van der Waals surface area contributed by atoms with Gasteiger partial charge in [0.05, 0.1) is 12.7 Å². The van der Waals surface area contributed by atoms with Crippen molar-refractivity contribution in [3.63, 3.8) is 0 Å². The SMILES string of the molecule is O=c1c2c(c3cnn(Cc4ccc(CNC5CCC5)cc4)c3n1C1CCC1)CCCC2. The number of hydrogen-bond donors (Lipinski definition) is 1.